The van der Waals surface area contributed by atoms with Gasteiger partial charge >= 0.3 is 0 Å². The van der Waals surface area contributed by atoms with Crippen LogP contribution in [0.4, 0.5) is 4.39 Å². The van der Waals surface area contributed by atoms with E-state index in [1.165, 1.54) is 6.07 Å². The Kier molecular flexibility index (Phi) is 12.9. The number of guanidine groups is 1. The van der Waals surface area contributed by atoms with Crippen LogP contribution in [-0.4, -0.2) is 58.3 Å². The van der Waals surface area contributed by atoms with Crippen LogP contribution in [0.3, 0.4) is 0 Å². The van der Waals surface area contributed by atoms with Gasteiger partial charge in [-0.05, 0) is 45.1 Å². The van der Waals surface area contributed by atoms with Gasteiger partial charge in [-0.2, -0.15) is 0 Å². The van der Waals surface area contributed by atoms with Gasteiger partial charge in [0.1, 0.15) is 5.82 Å². The minimum absolute atomic E-state index is 0. The van der Waals surface area contributed by atoms with Crippen LogP contribution in [0.1, 0.15) is 24.9 Å². The van der Waals surface area contributed by atoms with Crippen LogP contribution in [0, 0.1) is 5.82 Å². The van der Waals surface area contributed by atoms with Gasteiger partial charge in [-0.3, -0.25) is 4.99 Å². The van der Waals surface area contributed by atoms with Crippen molar-refractivity contribution in [2.45, 2.75) is 19.4 Å². The highest BCUT2D eigenvalue weighted by molar-refractivity contribution is 14.0. The van der Waals surface area contributed by atoms with Gasteiger partial charge in [0.25, 0.3) is 0 Å². The van der Waals surface area contributed by atoms with Gasteiger partial charge in [0, 0.05) is 26.8 Å². The van der Waals surface area contributed by atoms with E-state index in [9.17, 15) is 4.39 Å². The monoisotopic (exact) mass is 452 g/mol. The molecule has 0 radical (unpaired) electrons. The van der Waals surface area contributed by atoms with Gasteiger partial charge in [-0.15, -0.1) is 24.0 Å². The van der Waals surface area contributed by atoms with Crippen molar-refractivity contribution in [3.8, 4) is 0 Å². The van der Waals surface area contributed by atoms with Crippen molar-refractivity contribution in [1.82, 2.24) is 15.5 Å². The van der Waals surface area contributed by atoms with E-state index in [0.717, 1.165) is 37.6 Å². The summed E-state index contributed by atoms with van der Waals surface area (Å²) in [6, 6.07) is 6.72. The molecule has 2 N–H and O–H groups in total. The Morgan fingerprint density at radius 1 is 1.33 bits per heavy atom. The molecule has 0 fully saturated rings. The maximum Gasteiger partial charge on any atom is 0.191 e. The molecule has 0 saturated carbocycles. The van der Waals surface area contributed by atoms with Gasteiger partial charge in [0.2, 0.25) is 0 Å². The SMILES string of the molecule is CCNC(=NCC(c1cccc(F)c1)N(C)C)NCCCOC.I. The molecule has 1 aromatic rings. The number of rotatable bonds is 9. The molecular weight excluding hydrogens is 422 g/mol. The summed E-state index contributed by atoms with van der Waals surface area (Å²) in [4.78, 5) is 6.68. The molecule has 24 heavy (non-hydrogen) atoms. The van der Waals surface area contributed by atoms with E-state index in [-0.39, 0.29) is 35.8 Å². The standard InChI is InChI=1S/C17H29FN4O.HI/c1-5-19-17(20-10-7-11-23-4)21-13-16(22(2)3)14-8-6-9-15(18)12-14;/h6,8-9,12,16H,5,7,10-11,13H2,1-4H3,(H2,19,20,21);1H. The number of ether oxygens (including phenoxy) is 1. The second-order valence-electron chi connectivity index (χ2n) is 5.53. The first kappa shape index (κ1) is 23.1. The normalized spacial score (nSPS) is 12.7. The third-order valence-electron chi connectivity index (χ3n) is 3.44. The number of hydrogen-bond donors (Lipinski definition) is 2. The number of methoxy groups -OCH3 is 1. The van der Waals surface area contributed by atoms with Crippen LogP contribution in [0.5, 0.6) is 0 Å². The van der Waals surface area contributed by atoms with E-state index < -0.39 is 0 Å². The van der Waals surface area contributed by atoms with Crippen LogP contribution in [0.25, 0.3) is 0 Å². The van der Waals surface area contributed by atoms with Gasteiger partial charge < -0.3 is 20.3 Å². The minimum atomic E-state index is -0.220. The highest BCUT2D eigenvalue weighted by Gasteiger charge is 2.14. The lowest BCUT2D eigenvalue weighted by atomic mass is 10.1. The van der Waals surface area contributed by atoms with Gasteiger partial charge in [0.05, 0.1) is 12.6 Å². The highest BCUT2D eigenvalue weighted by Crippen LogP contribution is 2.19. The van der Waals surface area contributed by atoms with E-state index in [2.05, 4.69) is 15.6 Å². The molecule has 1 rings (SSSR count). The number of nitrogens with zero attached hydrogens (tertiary/aromatic N) is 2. The molecule has 1 unspecified atom stereocenters. The Labute approximate surface area is 162 Å². The molecule has 0 aliphatic heterocycles. The summed E-state index contributed by atoms with van der Waals surface area (Å²) < 4.78 is 18.5. The van der Waals surface area contributed by atoms with Crippen LogP contribution < -0.4 is 10.6 Å². The molecule has 1 aromatic carbocycles. The third-order valence-corrected chi connectivity index (χ3v) is 3.44. The first-order valence-electron chi connectivity index (χ1n) is 8.01. The Bertz CT molecular complexity index is 485. The Hall–Kier alpha value is -0.930. The lowest BCUT2D eigenvalue weighted by Gasteiger charge is -2.23. The summed E-state index contributed by atoms with van der Waals surface area (Å²) in [5.41, 5.74) is 0.925. The second kappa shape index (κ2) is 13.4. The van der Waals surface area contributed by atoms with Gasteiger partial charge in [0.15, 0.2) is 5.96 Å². The fraction of sp³-hybridized carbons (Fsp3) is 0.588. The summed E-state index contributed by atoms with van der Waals surface area (Å²) in [6.45, 7) is 4.89. The van der Waals surface area contributed by atoms with Crippen molar-refractivity contribution in [1.29, 1.82) is 0 Å². The third kappa shape index (κ3) is 8.79. The first-order chi connectivity index (χ1) is 11.1. The molecule has 1 atom stereocenters. The molecule has 138 valence electrons. The fourth-order valence-electron chi connectivity index (χ4n) is 2.22. The predicted octanol–water partition coefficient (Wildman–Crippen LogP) is 2.64. The highest BCUT2D eigenvalue weighted by atomic mass is 127. The largest absolute Gasteiger partial charge is 0.385 e. The fourth-order valence-corrected chi connectivity index (χ4v) is 2.22. The van der Waals surface area contributed by atoms with Gasteiger partial charge in [-0.1, -0.05) is 12.1 Å². The topological polar surface area (TPSA) is 48.9 Å². The number of likely N-dealkylation sites (N-methyl/N-ethyl adjacent to an activating group) is 1. The Morgan fingerprint density at radius 2 is 2.08 bits per heavy atom. The van der Waals surface area contributed by atoms with Crippen molar-refractivity contribution in [2.75, 3.05) is 47.4 Å². The van der Waals surface area contributed by atoms with Crippen molar-refractivity contribution < 1.29 is 9.13 Å². The van der Waals surface area contributed by atoms with Crippen LogP contribution in [0.15, 0.2) is 29.3 Å². The average Bonchev–Trinajstić information content (AvgIpc) is 2.51. The van der Waals surface area contributed by atoms with E-state index in [1.807, 2.05) is 32.0 Å². The quantitative estimate of drug-likeness (QED) is 0.262. The van der Waals surface area contributed by atoms with E-state index in [0.29, 0.717) is 6.54 Å². The first-order valence-corrected chi connectivity index (χ1v) is 8.01. The summed E-state index contributed by atoms with van der Waals surface area (Å²) >= 11 is 0. The molecule has 7 heteroatoms. The van der Waals surface area contributed by atoms with E-state index in [4.69, 9.17) is 4.74 Å². The maximum atomic E-state index is 13.5. The minimum Gasteiger partial charge on any atom is -0.385 e. The van der Waals surface area contributed by atoms with Gasteiger partial charge in [-0.25, -0.2) is 4.39 Å². The van der Waals surface area contributed by atoms with E-state index in [1.54, 1.807) is 19.2 Å². The van der Waals surface area contributed by atoms with Crippen molar-refractivity contribution in [3.63, 3.8) is 0 Å². The molecule has 0 saturated heterocycles. The molecular formula is C17H30FIN4O. The Morgan fingerprint density at radius 3 is 2.67 bits per heavy atom. The molecule has 5 nitrogen and oxygen atoms in total. The zero-order valence-corrected chi connectivity index (χ0v) is 17.3. The van der Waals surface area contributed by atoms with Crippen molar-refractivity contribution in [3.05, 3.63) is 35.6 Å². The molecule has 0 amide bonds. The maximum absolute atomic E-state index is 13.5. The molecule has 0 spiro atoms. The van der Waals surface area contributed by atoms with Crippen molar-refractivity contribution >= 4 is 29.9 Å². The number of benzene rings is 1. The molecule has 0 aliphatic rings. The number of nitrogens with one attached hydrogen (secondary N) is 2. The lowest BCUT2D eigenvalue weighted by molar-refractivity contribution is 0.195. The zero-order valence-electron chi connectivity index (χ0n) is 15.0. The molecule has 0 heterocycles. The van der Waals surface area contributed by atoms with Crippen LogP contribution in [-0.2, 0) is 4.74 Å². The van der Waals surface area contributed by atoms with E-state index >= 15 is 0 Å². The number of halogens is 2. The number of hydrogen-bond acceptors (Lipinski definition) is 3. The summed E-state index contributed by atoms with van der Waals surface area (Å²) in [6.07, 6.45) is 0.919. The predicted molar refractivity (Wildman–Crippen MR) is 109 cm³/mol. The lowest BCUT2D eigenvalue weighted by Crippen LogP contribution is -2.38. The summed E-state index contributed by atoms with van der Waals surface area (Å²) in [7, 11) is 5.65. The van der Waals surface area contributed by atoms with Crippen LogP contribution in [0.2, 0.25) is 0 Å². The second-order valence-corrected chi connectivity index (χ2v) is 5.53. The average molecular weight is 452 g/mol. The Balaban J connectivity index is 0.00000529. The smallest absolute Gasteiger partial charge is 0.191 e. The molecule has 0 aromatic heterocycles. The zero-order chi connectivity index (χ0) is 17.1. The summed E-state index contributed by atoms with van der Waals surface area (Å²) in [5, 5.41) is 6.50. The molecule has 0 bridgehead atoms. The van der Waals surface area contributed by atoms with Crippen molar-refractivity contribution in [2.24, 2.45) is 4.99 Å². The number of aliphatic imine (C=N–C) groups is 1. The summed E-state index contributed by atoms with van der Waals surface area (Å²) in [5.74, 6) is 0.551. The molecule has 0 aliphatic carbocycles. The van der Waals surface area contributed by atoms with Crippen LogP contribution >= 0.6 is 24.0 Å².